The predicted octanol–water partition coefficient (Wildman–Crippen LogP) is 3.97. The Morgan fingerprint density at radius 3 is 2.50 bits per heavy atom. The highest BCUT2D eigenvalue weighted by Gasteiger charge is 2.56. The third kappa shape index (κ3) is 3.12. The van der Waals surface area contributed by atoms with E-state index in [0.717, 1.165) is 41.8 Å². The van der Waals surface area contributed by atoms with Gasteiger partial charge in [0.05, 0.1) is 11.7 Å². The van der Waals surface area contributed by atoms with Gasteiger partial charge in [0.25, 0.3) is 0 Å². The average Bonchev–Trinajstić information content (AvgIpc) is 2.75. The van der Waals surface area contributed by atoms with Gasteiger partial charge in [0.15, 0.2) is 0 Å². The third-order valence-electron chi connectivity index (χ3n) is 7.08. The van der Waals surface area contributed by atoms with Gasteiger partial charge in [-0.05, 0) is 76.5 Å². The second-order valence-electron chi connectivity index (χ2n) is 9.37. The number of aromatic nitrogens is 2. The zero-order chi connectivity index (χ0) is 18.7. The topological polar surface area (TPSA) is 59.0 Å². The standard InChI is InChI=1S/C20H31ClN4O/c1-12(17-13(2)24-25(4)14(17)3)23-18(26)22-11-19-6-15-5-16(7-19)9-20(21,8-15)10-19/h12,15-16H,5-11H2,1-4H3,(H2,22,23,26)/t12-,15-,16-,19?,20?/m1/s1. The SMILES string of the molecule is Cc1nn(C)c(C)c1[C@@H](C)NC(=O)NCC12C[C@H]3C[C@@H](CC(Cl)(C3)C1)C2. The van der Waals surface area contributed by atoms with E-state index in [0.29, 0.717) is 0 Å². The van der Waals surface area contributed by atoms with Gasteiger partial charge in [-0.2, -0.15) is 5.10 Å². The number of halogens is 1. The molecule has 26 heavy (non-hydrogen) atoms. The summed E-state index contributed by atoms with van der Waals surface area (Å²) in [5.74, 6) is 1.52. The summed E-state index contributed by atoms with van der Waals surface area (Å²) in [5.41, 5.74) is 3.40. The lowest BCUT2D eigenvalue weighted by Gasteiger charge is -2.60. The van der Waals surface area contributed by atoms with Crippen LogP contribution < -0.4 is 10.6 Å². The van der Waals surface area contributed by atoms with E-state index in [1.807, 2.05) is 32.5 Å². The number of hydrogen-bond donors (Lipinski definition) is 2. The van der Waals surface area contributed by atoms with Crippen molar-refractivity contribution in [2.24, 2.45) is 24.3 Å². The highest BCUT2D eigenvalue weighted by molar-refractivity contribution is 6.24. The van der Waals surface area contributed by atoms with Gasteiger partial charge in [0, 0.05) is 29.7 Å². The first-order chi connectivity index (χ1) is 12.2. The Kier molecular flexibility index (Phi) is 4.29. The van der Waals surface area contributed by atoms with Crippen molar-refractivity contribution in [3.63, 3.8) is 0 Å². The minimum Gasteiger partial charge on any atom is -0.338 e. The Labute approximate surface area is 161 Å². The molecule has 4 saturated carbocycles. The molecule has 3 atom stereocenters. The van der Waals surface area contributed by atoms with Gasteiger partial charge in [-0.25, -0.2) is 4.79 Å². The van der Waals surface area contributed by atoms with Gasteiger partial charge in [-0.1, -0.05) is 0 Å². The third-order valence-corrected chi connectivity index (χ3v) is 7.52. The first kappa shape index (κ1) is 18.1. The van der Waals surface area contributed by atoms with Crippen molar-refractivity contribution in [3.8, 4) is 0 Å². The Hall–Kier alpha value is -1.23. The summed E-state index contributed by atoms with van der Waals surface area (Å²) in [6.07, 6.45) is 7.22. The van der Waals surface area contributed by atoms with Crippen LogP contribution in [0.15, 0.2) is 0 Å². The van der Waals surface area contributed by atoms with Gasteiger partial charge >= 0.3 is 6.03 Å². The molecule has 5 nitrogen and oxygen atoms in total. The van der Waals surface area contributed by atoms with Crippen molar-refractivity contribution in [2.45, 2.75) is 70.2 Å². The minimum atomic E-state index is -0.0838. The smallest absolute Gasteiger partial charge is 0.315 e. The van der Waals surface area contributed by atoms with Gasteiger partial charge in [0.1, 0.15) is 0 Å². The summed E-state index contributed by atoms with van der Waals surface area (Å²) in [6.45, 7) is 6.81. The Morgan fingerprint density at radius 2 is 1.96 bits per heavy atom. The summed E-state index contributed by atoms with van der Waals surface area (Å²) in [6, 6.07) is -0.140. The fourth-order valence-corrected chi connectivity index (χ4v) is 7.27. The van der Waals surface area contributed by atoms with E-state index in [1.54, 1.807) is 0 Å². The predicted molar refractivity (Wildman–Crippen MR) is 103 cm³/mol. The molecule has 4 aliphatic carbocycles. The highest BCUT2D eigenvalue weighted by atomic mass is 35.5. The quantitative estimate of drug-likeness (QED) is 0.778. The van der Waals surface area contributed by atoms with Crippen LogP contribution in [0, 0.1) is 31.1 Å². The molecule has 0 spiro atoms. The zero-order valence-corrected chi connectivity index (χ0v) is 17.1. The van der Waals surface area contributed by atoms with E-state index in [-0.39, 0.29) is 22.4 Å². The molecule has 144 valence electrons. The number of carbonyl (C=O) groups is 1. The molecule has 1 aromatic heterocycles. The molecule has 5 rings (SSSR count). The number of alkyl halides is 1. The molecule has 6 heteroatoms. The number of nitrogens with zero attached hydrogens (tertiary/aromatic N) is 2. The highest BCUT2D eigenvalue weighted by Crippen LogP contribution is 2.63. The number of nitrogens with one attached hydrogen (secondary N) is 2. The second-order valence-corrected chi connectivity index (χ2v) is 10.2. The lowest BCUT2D eigenvalue weighted by atomic mass is 9.49. The van der Waals surface area contributed by atoms with E-state index in [2.05, 4.69) is 15.7 Å². The van der Waals surface area contributed by atoms with Crippen LogP contribution in [-0.4, -0.2) is 27.2 Å². The average molecular weight is 379 g/mol. The number of rotatable bonds is 4. The molecule has 2 amide bonds. The number of carbonyl (C=O) groups excluding carboxylic acids is 1. The van der Waals surface area contributed by atoms with E-state index >= 15 is 0 Å². The summed E-state index contributed by atoms with van der Waals surface area (Å²) < 4.78 is 1.87. The normalized spacial score (nSPS) is 36.2. The van der Waals surface area contributed by atoms with Crippen LogP contribution >= 0.6 is 11.6 Å². The zero-order valence-electron chi connectivity index (χ0n) is 16.4. The van der Waals surface area contributed by atoms with Crippen LogP contribution in [0.1, 0.15) is 68.4 Å². The van der Waals surface area contributed by atoms with Crippen LogP contribution in [0.2, 0.25) is 0 Å². The fraction of sp³-hybridized carbons (Fsp3) is 0.800. The van der Waals surface area contributed by atoms with Crippen molar-refractivity contribution in [1.82, 2.24) is 20.4 Å². The molecule has 4 fully saturated rings. The van der Waals surface area contributed by atoms with Crippen molar-refractivity contribution in [1.29, 1.82) is 0 Å². The molecule has 0 saturated heterocycles. The monoisotopic (exact) mass is 378 g/mol. The number of urea groups is 1. The van der Waals surface area contributed by atoms with Gasteiger partial charge in [-0.3, -0.25) is 4.68 Å². The first-order valence-corrected chi connectivity index (χ1v) is 10.3. The molecule has 4 bridgehead atoms. The number of aryl methyl sites for hydroxylation is 2. The molecular weight excluding hydrogens is 348 g/mol. The van der Waals surface area contributed by atoms with E-state index < -0.39 is 0 Å². The minimum absolute atomic E-state index is 0.000532. The Bertz CT molecular complexity index is 714. The molecule has 0 aromatic carbocycles. The molecule has 0 radical (unpaired) electrons. The summed E-state index contributed by atoms with van der Waals surface area (Å²) in [5, 5.41) is 10.7. The molecule has 2 N–H and O–H groups in total. The Balaban J connectivity index is 1.37. The van der Waals surface area contributed by atoms with Crippen LogP contribution in [-0.2, 0) is 7.05 Å². The van der Waals surface area contributed by atoms with Gasteiger partial charge < -0.3 is 10.6 Å². The van der Waals surface area contributed by atoms with E-state index in [1.165, 1.54) is 32.1 Å². The van der Waals surface area contributed by atoms with Crippen LogP contribution in [0.5, 0.6) is 0 Å². The number of hydrogen-bond acceptors (Lipinski definition) is 2. The van der Waals surface area contributed by atoms with Crippen LogP contribution in [0.3, 0.4) is 0 Å². The van der Waals surface area contributed by atoms with Gasteiger partial charge in [-0.15, -0.1) is 11.6 Å². The first-order valence-electron chi connectivity index (χ1n) is 9.92. The maximum atomic E-state index is 12.5. The lowest BCUT2D eigenvalue weighted by Crippen LogP contribution is -2.57. The molecule has 0 aliphatic heterocycles. The van der Waals surface area contributed by atoms with Gasteiger partial charge in [0.2, 0.25) is 0 Å². The molecule has 4 aliphatic rings. The summed E-state index contributed by atoms with van der Waals surface area (Å²) in [4.78, 5) is 12.5. The number of amides is 2. The van der Waals surface area contributed by atoms with Crippen LogP contribution in [0.4, 0.5) is 4.79 Å². The van der Waals surface area contributed by atoms with Crippen molar-refractivity contribution >= 4 is 17.6 Å². The second kappa shape index (κ2) is 6.15. The Morgan fingerprint density at radius 1 is 1.31 bits per heavy atom. The lowest BCUT2D eigenvalue weighted by molar-refractivity contribution is -0.0373. The fourth-order valence-electron chi connectivity index (χ4n) is 6.55. The molecule has 1 aromatic rings. The molecule has 0 unspecified atom stereocenters. The largest absolute Gasteiger partial charge is 0.338 e. The van der Waals surface area contributed by atoms with Crippen molar-refractivity contribution in [3.05, 3.63) is 17.0 Å². The van der Waals surface area contributed by atoms with E-state index in [9.17, 15) is 4.79 Å². The van der Waals surface area contributed by atoms with Crippen molar-refractivity contribution < 1.29 is 4.79 Å². The summed E-state index contributed by atoms with van der Waals surface area (Å²) >= 11 is 6.90. The maximum Gasteiger partial charge on any atom is 0.315 e. The van der Waals surface area contributed by atoms with Crippen LogP contribution in [0.25, 0.3) is 0 Å². The molecular formula is C20H31ClN4O. The summed E-state index contributed by atoms with van der Waals surface area (Å²) in [7, 11) is 1.94. The maximum absolute atomic E-state index is 12.5. The van der Waals surface area contributed by atoms with Crippen molar-refractivity contribution in [2.75, 3.05) is 6.54 Å². The molecule has 1 heterocycles. The van der Waals surface area contributed by atoms with E-state index in [4.69, 9.17) is 11.6 Å².